The summed E-state index contributed by atoms with van der Waals surface area (Å²) in [7, 11) is 0. The summed E-state index contributed by atoms with van der Waals surface area (Å²) in [6.45, 7) is 8.86. The zero-order chi connectivity index (χ0) is 23.9. The summed E-state index contributed by atoms with van der Waals surface area (Å²) < 4.78 is 6.17. The minimum absolute atomic E-state index is 0.0696. The lowest BCUT2D eigenvalue weighted by atomic mass is 9.90. The van der Waals surface area contributed by atoms with Gasteiger partial charge >= 0.3 is 0 Å². The second kappa shape index (κ2) is 11.9. The van der Waals surface area contributed by atoms with Crippen molar-refractivity contribution in [1.29, 1.82) is 0 Å². The van der Waals surface area contributed by atoms with Gasteiger partial charge in [-0.25, -0.2) is 0 Å². The van der Waals surface area contributed by atoms with Crippen LogP contribution in [0.1, 0.15) is 56.2 Å². The van der Waals surface area contributed by atoms with Gasteiger partial charge < -0.3 is 10.1 Å². The summed E-state index contributed by atoms with van der Waals surface area (Å²) in [6.07, 6.45) is 4.72. The van der Waals surface area contributed by atoms with Crippen molar-refractivity contribution in [2.24, 2.45) is 10.9 Å². The maximum atomic E-state index is 12.1. The van der Waals surface area contributed by atoms with Crippen LogP contribution < -0.4 is 10.1 Å². The summed E-state index contributed by atoms with van der Waals surface area (Å²) in [5.74, 6) is 1.31. The summed E-state index contributed by atoms with van der Waals surface area (Å²) in [5.41, 5.74) is 4.39. The van der Waals surface area contributed by atoms with Crippen LogP contribution in [0.15, 0.2) is 47.5 Å². The molecule has 0 spiro atoms. The smallest absolute Gasteiger partial charge is 0.220 e. The molecule has 2 aromatic carbocycles. The number of halogens is 1. The van der Waals surface area contributed by atoms with E-state index in [1.54, 1.807) is 0 Å². The Morgan fingerprint density at radius 2 is 1.94 bits per heavy atom. The molecule has 4 rings (SSSR count). The first-order chi connectivity index (χ1) is 16.5. The van der Waals surface area contributed by atoms with Gasteiger partial charge in [0.25, 0.3) is 0 Å². The zero-order valence-corrected chi connectivity index (χ0v) is 21.1. The highest BCUT2D eigenvalue weighted by Crippen LogP contribution is 2.31. The largest absolute Gasteiger partial charge is 0.492 e. The van der Waals surface area contributed by atoms with Crippen LogP contribution >= 0.6 is 11.6 Å². The van der Waals surface area contributed by atoms with Crippen molar-refractivity contribution in [1.82, 2.24) is 10.2 Å². The van der Waals surface area contributed by atoms with E-state index in [9.17, 15) is 4.79 Å². The van der Waals surface area contributed by atoms with E-state index in [4.69, 9.17) is 21.3 Å². The Balaban J connectivity index is 1.59. The molecular weight excluding hydrogens is 446 g/mol. The number of ether oxygens (including phenoxy) is 1. The van der Waals surface area contributed by atoms with Crippen molar-refractivity contribution in [3.63, 3.8) is 0 Å². The van der Waals surface area contributed by atoms with Crippen LogP contribution in [-0.4, -0.2) is 55.3 Å². The van der Waals surface area contributed by atoms with Crippen LogP contribution in [0, 0.1) is 5.92 Å². The molecule has 2 atom stereocenters. The van der Waals surface area contributed by atoms with Gasteiger partial charge in [0.05, 0.1) is 11.8 Å². The third kappa shape index (κ3) is 6.39. The molecule has 6 heteroatoms. The topological polar surface area (TPSA) is 53.9 Å². The minimum atomic E-state index is 0.0696. The van der Waals surface area contributed by atoms with Crippen LogP contribution in [0.2, 0.25) is 5.02 Å². The summed E-state index contributed by atoms with van der Waals surface area (Å²) >= 11 is 6.18. The molecule has 5 nitrogen and oxygen atoms in total. The number of nitrogens with zero attached hydrogens (tertiary/aromatic N) is 2. The van der Waals surface area contributed by atoms with Gasteiger partial charge in [-0.1, -0.05) is 36.7 Å². The first-order valence-electron chi connectivity index (χ1n) is 12.6. The highest BCUT2D eigenvalue weighted by atomic mass is 35.5. The number of hydrogen-bond acceptors (Lipinski definition) is 4. The highest BCUT2D eigenvalue weighted by molar-refractivity contribution is 6.30. The quantitative estimate of drug-likeness (QED) is 0.540. The first kappa shape index (κ1) is 24.7. The molecule has 1 N–H and O–H groups in total. The average Bonchev–Trinajstić information content (AvgIpc) is 3.30. The van der Waals surface area contributed by atoms with Crippen LogP contribution in [-0.2, 0) is 11.2 Å². The second-order valence-electron chi connectivity index (χ2n) is 9.44. The number of rotatable bonds is 9. The maximum Gasteiger partial charge on any atom is 0.220 e. The molecule has 1 amide bonds. The summed E-state index contributed by atoms with van der Waals surface area (Å²) in [6, 6.07) is 14.4. The van der Waals surface area contributed by atoms with Crippen molar-refractivity contribution in [3.8, 4) is 5.75 Å². The fraction of sp³-hybridized carbons (Fsp3) is 0.500. The van der Waals surface area contributed by atoms with Crippen LogP contribution in [0.25, 0.3) is 0 Å². The lowest BCUT2D eigenvalue weighted by Gasteiger charge is -2.19. The van der Waals surface area contributed by atoms with Gasteiger partial charge in [-0.2, -0.15) is 0 Å². The Labute approximate surface area is 208 Å². The first-order valence-corrected chi connectivity index (χ1v) is 13.0. The molecule has 182 valence electrons. The standard InChI is InChI=1S/C28H36ClN3O2/c1-3-30-27(33)13-12-26-20(2)18-22-8-11-24(34-17-16-32-14-4-5-15-32)19-25(22)28(31-26)21-6-9-23(29)10-7-21/h6-11,19-20,26H,3-5,12-18H2,1-2H3,(H,30,33). The minimum Gasteiger partial charge on any atom is -0.492 e. The molecule has 2 unspecified atom stereocenters. The van der Waals surface area contributed by atoms with Gasteiger partial charge in [-0.05, 0) is 81.4 Å². The molecule has 0 aliphatic carbocycles. The van der Waals surface area contributed by atoms with Crippen molar-refractivity contribution < 1.29 is 9.53 Å². The lowest BCUT2D eigenvalue weighted by Crippen LogP contribution is -2.25. The molecule has 2 aliphatic heterocycles. The molecule has 34 heavy (non-hydrogen) atoms. The number of carbonyl (C=O) groups excluding carboxylic acids is 1. The van der Waals surface area contributed by atoms with E-state index in [0.717, 1.165) is 42.0 Å². The van der Waals surface area contributed by atoms with E-state index >= 15 is 0 Å². The maximum absolute atomic E-state index is 12.1. The molecule has 1 fully saturated rings. The number of aliphatic imine (C=N–C) groups is 1. The summed E-state index contributed by atoms with van der Waals surface area (Å²) in [5, 5.41) is 3.61. The number of nitrogens with one attached hydrogen (secondary N) is 1. The lowest BCUT2D eigenvalue weighted by molar-refractivity contribution is -0.121. The van der Waals surface area contributed by atoms with E-state index in [-0.39, 0.29) is 11.9 Å². The van der Waals surface area contributed by atoms with E-state index < -0.39 is 0 Å². The molecule has 2 aliphatic rings. The van der Waals surface area contributed by atoms with Gasteiger partial charge in [-0.15, -0.1) is 0 Å². The number of carbonyl (C=O) groups is 1. The molecule has 1 saturated heterocycles. The molecule has 0 radical (unpaired) electrons. The second-order valence-corrected chi connectivity index (χ2v) is 9.88. The highest BCUT2D eigenvalue weighted by Gasteiger charge is 2.26. The predicted octanol–water partition coefficient (Wildman–Crippen LogP) is 5.13. The third-order valence-corrected chi connectivity index (χ3v) is 7.12. The van der Waals surface area contributed by atoms with E-state index in [1.807, 2.05) is 31.2 Å². The number of amides is 1. The molecule has 0 bridgehead atoms. The third-order valence-electron chi connectivity index (χ3n) is 6.86. The Kier molecular flexibility index (Phi) is 8.63. The Bertz CT molecular complexity index is 999. The van der Waals surface area contributed by atoms with Crippen molar-refractivity contribution in [3.05, 3.63) is 64.2 Å². The van der Waals surface area contributed by atoms with Crippen molar-refractivity contribution in [2.45, 2.75) is 52.0 Å². The van der Waals surface area contributed by atoms with Crippen LogP contribution in [0.5, 0.6) is 5.75 Å². The molecule has 2 aromatic rings. The number of benzene rings is 2. The zero-order valence-electron chi connectivity index (χ0n) is 20.4. The van der Waals surface area contributed by atoms with Gasteiger partial charge in [0, 0.05) is 35.7 Å². The molecular formula is C28H36ClN3O2. The molecule has 2 heterocycles. The monoisotopic (exact) mass is 481 g/mol. The van der Waals surface area contributed by atoms with E-state index in [1.165, 1.54) is 31.5 Å². The van der Waals surface area contributed by atoms with Crippen molar-refractivity contribution in [2.75, 3.05) is 32.8 Å². The Morgan fingerprint density at radius 3 is 2.68 bits per heavy atom. The van der Waals surface area contributed by atoms with Gasteiger partial charge in [-0.3, -0.25) is 14.7 Å². The Morgan fingerprint density at radius 1 is 1.18 bits per heavy atom. The van der Waals surface area contributed by atoms with Gasteiger partial charge in [0.1, 0.15) is 12.4 Å². The van der Waals surface area contributed by atoms with Gasteiger partial charge in [0.15, 0.2) is 0 Å². The normalized spacial score (nSPS) is 20.4. The fourth-order valence-corrected chi connectivity index (χ4v) is 5.07. The summed E-state index contributed by atoms with van der Waals surface area (Å²) in [4.78, 5) is 19.8. The SMILES string of the molecule is CCNC(=O)CCC1N=C(c2ccc(Cl)cc2)c2cc(OCCN3CCCC3)ccc2CC1C. The van der Waals surface area contributed by atoms with Crippen LogP contribution in [0.4, 0.5) is 0 Å². The van der Waals surface area contributed by atoms with Gasteiger partial charge in [0.2, 0.25) is 5.91 Å². The predicted molar refractivity (Wildman–Crippen MR) is 139 cm³/mol. The number of fused-ring (bicyclic) bond motifs is 1. The number of hydrogen-bond donors (Lipinski definition) is 1. The number of likely N-dealkylation sites (tertiary alicyclic amines) is 1. The molecule has 0 aromatic heterocycles. The van der Waals surface area contributed by atoms with E-state index in [0.29, 0.717) is 30.5 Å². The van der Waals surface area contributed by atoms with E-state index in [2.05, 4.69) is 35.3 Å². The fourth-order valence-electron chi connectivity index (χ4n) is 4.94. The molecule has 0 saturated carbocycles. The van der Waals surface area contributed by atoms with Crippen LogP contribution in [0.3, 0.4) is 0 Å². The Hall–Kier alpha value is -2.37. The van der Waals surface area contributed by atoms with Crippen molar-refractivity contribution >= 4 is 23.2 Å². The average molecular weight is 482 g/mol.